The molecule has 0 radical (unpaired) electrons. The molecule has 0 fully saturated rings. The van der Waals surface area contributed by atoms with E-state index in [1.165, 1.54) is 7.11 Å². The van der Waals surface area contributed by atoms with E-state index in [0.29, 0.717) is 29.2 Å². The Morgan fingerprint density at radius 2 is 1.85 bits per heavy atom. The van der Waals surface area contributed by atoms with Crippen molar-refractivity contribution >= 4 is 28.6 Å². The molecule has 1 heterocycles. The van der Waals surface area contributed by atoms with E-state index in [2.05, 4.69) is 10.6 Å². The van der Waals surface area contributed by atoms with E-state index in [0.717, 1.165) is 11.1 Å². The minimum atomic E-state index is -2.56. The lowest BCUT2D eigenvalue weighted by atomic mass is 9.92. The zero-order chi connectivity index (χ0) is 24.8. The molecular weight excluding hydrogens is 458 g/mol. The Bertz CT molecular complexity index is 1100. The maximum absolute atomic E-state index is 13.1. The predicted molar refractivity (Wildman–Crippen MR) is 128 cm³/mol. The van der Waals surface area contributed by atoms with Crippen LogP contribution in [-0.4, -0.2) is 58.3 Å². The number of carbonyl (C=O) groups excluding carboxylic acids is 2. The van der Waals surface area contributed by atoms with Crippen molar-refractivity contribution in [2.75, 3.05) is 20.0 Å². The van der Waals surface area contributed by atoms with Crippen LogP contribution >= 0.6 is 0 Å². The van der Waals surface area contributed by atoms with Gasteiger partial charge in [-0.2, -0.15) is 0 Å². The van der Waals surface area contributed by atoms with E-state index in [9.17, 15) is 18.4 Å². The Hall–Kier alpha value is -3.24. The van der Waals surface area contributed by atoms with Crippen LogP contribution in [0.1, 0.15) is 36.1 Å². The van der Waals surface area contributed by atoms with Crippen LogP contribution in [0.2, 0.25) is 0 Å². The summed E-state index contributed by atoms with van der Waals surface area (Å²) in [7, 11) is 3.08. The molecule has 0 spiro atoms. The Morgan fingerprint density at radius 3 is 2.44 bits per heavy atom. The van der Waals surface area contributed by atoms with Gasteiger partial charge in [0.2, 0.25) is 11.8 Å². The maximum atomic E-state index is 13.1. The number of hydrogen-bond acceptors (Lipinski definition) is 7. The highest BCUT2D eigenvalue weighted by molar-refractivity contribution is 7.79. The highest BCUT2D eigenvalue weighted by Crippen LogP contribution is 2.30. The summed E-state index contributed by atoms with van der Waals surface area (Å²) in [5.74, 6) is -0.697. The van der Waals surface area contributed by atoms with Crippen LogP contribution in [0.4, 0.5) is 0 Å². The van der Waals surface area contributed by atoms with Crippen LogP contribution < -0.4 is 20.1 Å². The summed E-state index contributed by atoms with van der Waals surface area (Å²) >= 11 is -2.56. The lowest BCUT2D eigenvalue weighted by Crippen LogP contribution is -2.54. The summed E-state index contributed by atoms with van der Waals surface area (Å²) in [6.07, 6.45) is 0.600. The molecule has 0 bridgehead atoms. The number of rotatable bonds is 9. The summed E-state index contributed by atoms with van der Waals surface area (Å²) in [6, 6.07) is 10.5. The highest BCUT2D eigenvalue weighted by Gasteiger charge is 2.37. The molecule has 34 heavy (non-hydrogen) atoms. The van der Waals surface area contributed by atoms with Crippen LogP contribution in [0.5, 0.6) is 11.5 Å². The predicted octanol–water partition coefficient (Wildman–Crippen LogP) is 1.81. The Morgan fingerprint density at radius 1 is 1.18 bits per heavy atom. The molecule has 3 rings (SSSR count). The van der Waals surface area contributed by atoms with Crippen LogP contribution in [-0.2, 0) is 20.7 Å². The van der Waals surface area contributed by atoms with Gasteiger partial charge in [0.1, 0.15) is 0 Å². The molecule has 0 saturated heterocycles. The number of carbonyl (C=O) groups is 2. The van der Waals surface area contributed by atoms with Gasteiger partial charge in [-0.25, -0.2) is 0 Å². The van der Waals surface area contributed by atoms with Gasteiger partial charge in [-0.3, -0.25) is 18.8 Å². The second-order valence-electron chi connectivity index (χ2n) is 7.90. The smallest absolute Gasteiger partial charge is 0.247 e. The molecule has 2 N–H and O–H groups in total. The first kappa shape index (κ1) is 25.4. The Kier molecular flexibility index (Phi) is 8.41. The van der Waals surface area contributed by atoms with E-state index in [4.69, 9.17) is 14.5 Å². The first-order chi connectivity index (χ1) is 16.3. The van der Waals surface area contributed by atoms with Gasteiger partial charge in [0.05, 0.1) is 37.8 Å². The quantitative estimate of drug-likeness (QED) is 0.520. The Balaban J connectivity index is 2.08. The van der Waals surface area contributed by atoms with E-state index < -0.39 is 34.8 Å². The number of ether oxygens (including phenoxy) is 2. The van der Waals surface area contributed by atoms with Crippen molar-refractivity contribution in [1.82, 2.24) is 10.6 Å². The minimum absolute atomic E-state index is 0.342. The summed E-state index contributed by atoms with van der Waals surface area (Å²) in [4.78, 5) is 30.3. The number of nitrogens with one attached hydrogen (secondary N) is 2. The molecule has 2 amide bonds. The lowest BCUT2D eigenvalue weighted by molar-refractivity contribution is -0.124. The highest BCUT2D eigenvalue weighted by atomic mass is 32.2. The van der Waals surface area contributed by atoms with E-state index in [-0.39, 0.29) is 11.9 Å². The van der Waals surface area contributed by atoms with Crippen molar-refractivity contribution in [1.29, 1.82) is 0 Å². The molecule has 182 valence electrons. The largest absolute Gasteiger partial charge is 0.772 e. The first-order valence-corrected chi connectivity index (χ1v) is 12.0. The number of amides is 2. The summed E-state index contributed by atoms with van der Waals surface area (Å²) in [6.45, 7) is 3.86. The molecule has 0 saturated carbocycles. The normalized spacial score (nSPS) is 19.4. The fourth-order valence-corrected chi connectivity index (χ4v) is 4.15. The van der Waals surface area contributed by atoms with Gasteiger partial charge in [-0.15, -0.1) is 0 Å². The number of benzene rings is 2. The first-order valence-electron chi connectivity index (χ1n) is 10.8. The fraction of sp³-hybridized carbons (Fsp3) is 0.375. The summed E-state index contributed by atoms with van der Waals surface area (Å²) < 4.78 is 32.8. The third kappa shape index (κ3) is 5.81. The minimum Gasteiger partial charge on any atom is -0.772 e. The lowest BCUT2D eigenvalue weighted by Gasteiger charge is -2.33. The molecule has 9 nitrogen and oxygen atoms in total. The number of methoxy groups -OCH3 is 2. The number of hydrogen-bond donors (Lipinski definition) is 2. The third-order valence-corrected chi connectivity index (χ3v) is 6.10. The fourth-order valence-electron chi connectivity index (χ4n) is 3.86. The third-order valence-electron chi connectivity index (χ3n) is 5.60. The van der Waals surface area contributed by atoms with Crippen molar-refractivity contribution < 1.29 is 27.8 Å². The van der Waals surface area contributed by atoms with Crippen LogP contribution in [0, 0.1) is 6.92 Å². The molecule has 2 aromatic rings. The molecular formula is C24H28N3O6S-. The average molecular weight is 487 g/mol. The van der Waals surface area contributed by atoms with E-state index in [1.807, 2.05) is 32.0 Å². The summed E-state index contributed by atoms with van der Waals surface area (Å²) in [5.41, 5.74) is 3.01. The van der Waals surface area contributed by atoms with Gasteiger partial charge < -0.3 is 24.7 Å². The van der Waals surface area contributed by atoms with Crippen molar-refractivity contribution in [2.24, 2.45) is 4.99 Å². The Labute approximate surface area is 201 Å². The number of aryl methyl sites for hydroxylation is 1. The van der Waals surface area contributed by atoms with Crippen molar-refractivity contribution in [2.45, 2.75) is 38.4 Å². The molecule has 0 aliphatic carbocycles. The molecule has 10 heteroatoms. The topological polar surface area (TPSA) is 129 Å². The van der Waals surface area contributed by atoms with Gasteiger partial charge in [0.15, 0.2) is 17.5 Å². The zero-order valence-corrected chi connectivity index (χ0v) is 20.3. The average Bonchev–Trinajstić information content (AvgIpc) is 2.82. The van der Waals surface area contributed by atoms with Crippen molar-refractivity contribution in [3.8, 4) is 11.5 Å². The van der Waals surface area contributed by atoms with Gasteiger partial charge in [-0.05, 0) is 48.2 Å². The maximum Gasteiger partial charge on any atom is 0.247 e. The van der Waals surface area contributed by atoms with Gasteiger partial charge in [-0.1, -0.05) is 36.8 Å². The van der Waals surface area contributed by atoms with Crippen molar-refractivity contribution in [3.63, 3.8) is 0 Å². The van der Waals surface area contributed by atoms with Gasteiger partial charge in [0.25, 0.3) is 0 Å². The molecule has 2 aromatic carbocycles. The second kappa shape index (κ2) is 11.3. The molecule has 0 aromatic heterocycles. The number of nitrogens with zero attached hydrogens (tertiary/aromatic N) is 1. The monoisotopic (exact) mass is 486 g/mol. The second-order valence-corrected chi connectivity index (χ2v) is 8.80. The molecule has 4 atom stereocenters. The van der Waals surface area contributed by atoms with E-state index >= 15 is 0 Å². The van der Waals surface area contributed by atoms with Gasteiger partial charge in [0, 0.05) is 5.56 Å². The molecule has 4 unspecified atom stereocenters. The van der Waals surface area contributed by atoms with Crippen LogP contribution in [0.15, 0.2) is 47.5 Å². The van der Waals surface area contributed by atoms with Gasteiger partial charge >= 0.3 is 0 Å². The summed E-state index contributed by atoms with van der Waals surface area (Å²) in [5, 5.41) is 5.68. The zero-order valence-electron chi connectivity index (χ0n) is 19.5. The van der Waals surface area contributed by atoms with Crippen LogP contribution in [0.25, 0.3) is 0 Å². The van der Waals surface area contributed by atoms with E-state index in [1.54, 1.807) is 31.4 Å². The van der Waals surface area contributed by atoms with Crippen molar-refractivity contribution in [3.05, 3.63) is 59.2 Å². The molecule has 1 aliphatic rings. The van der Waals surface area contributed by atoms with Crippen LogP contribution in [0.3, 0.4) is 0 Å². The standard InChI is InChI=1S/C24H29N3O6S/c1-5-17-21(16-10-11-18(32-3)19(12-16)33-4)27-23(24(29)25-17)22(26-20(28)13-34(30)31)15-8-6-14(2)7-9-15/h6-12,17,22-23H,5,13H2,1-4H3,(H,25,29)(H,26,28)(H,30,31)/p-1. The SMILES string of the molecule is CCC1NC(=O)C(C(NC(=O)CS(=O)[O-])c2ccc(C)cc2)N=C1c1ccc(OC)c(OC)c1. The molecule has 1 aliphatic heterocycles. The number of aliphatic imine (C=N–C) groups is 1.